The lowest BCUT2D eigenvalue weighted by molar-refractivity contribution is 0.411. The van der Waals surface area contributed by atoms with Crippen molar-refractivity contribution in [3.8, 4) is 5.75 Å². The Labute approximate surface area is 177 Å². The third-order valence-electron chi connectivity index (χ3n) is 3.72. The highest BCUT2D eigenvalue weighted by Crippen LogP contribution is 2.18. The van der Waals surface area contributed by atoms with Crippen molar-refractivity contribution in [1.82, 2.24) is 15.6 Å². The largest absolute Gasteiger partial charge is 0.496 e. The molecule has 2 rings (SSSR count). The van der Waals surface area contributed by atoms with Crippen LogP contribution in [0.5, 0.6) is 5.75 Å². The summed E-state index contributed by atoms with van der Waals surface area (Å²) in [6.45, 7) is 6.29. The maximum Gasteiger partial charge on any atom is 0.191 e. The zero-order chi connectivity index (χ0) is 18.1. The molecule has 0 saturated carbocycles. The highest BCUT2D eigenvalue weighted by atomic mass is 127. The van der Waals surface area contributed by atoms with Gasteiger partial charge in [0.1, 0.15) is 10.9 Å². The molecule has 0 aliphatic carbocycles. The number of ether oxygens (including phenoxy) is 1. The van der Waals surface area contributed by atoms with Gasteiger partial charge in [-0.3, -0.25) is 0 Å². The highest BCUT2D eigenvalue weighted by Gasteiger charge is 2.02. The van der Waals surface area contributed by atoms with Crippen LogP contribution in [-0.2, 0) is 13.0 Å². The van der Waals surface area contributed by atoms with E-state index in [4.69, 9.17) is 16.3 Å². The van der Waals surface area contributed by atoms with Crippen molar-refractivity contribution in [1.29, 1.82) is 0 Å². The fourth-order valence-electron chi connectivity index (χ4n) is 2.43. The number of pyridine rings is 1. The predicted octanol–water partition coefficient (Wildman–Crippen LogP) is 3.97. The van der Waals surface area contributed by atoms with Gasteiger partial charge in [0.25, 0.3) is 0 Å². The molecule has 0 amide bonds. The molecule has 1 aromatic carbocycles. The summed E-state index contributed by atoms with van der Waals surface area (Å²) in [5, 5.41) is 7.12. The Hall–Kier alpha value is -1.54. The van der Waals surface area contributed by atoms with Crippen LogP contribution >= 0.6 is 35.6 Å². The van der Waals surface area contributed by atoms with E-state index in [1.807, 2.05) is 31.2 Å². The monoisotopic (exact) mass is 488 g/mol. The molecule has 0 bridgehead atoms. The number of nitrogens with one attached hydrogen (secondary N) is 2. The molecule has 0 unspecified atom stereocenters. The number of rotatable bonds is 7. The lowest BCUT2D eigenvalue weighted by atomic mass is 10.1. The number of halogens is 2. The Morgan fingerprint density at radius 1 is 1.19 bits per heavy atom. The van der Waals surface area contributed by atoms with Crippen LogP contribution < -0.4 is 15.4 Å². The van der Waals surface area contributed by atoms with Crippen LogP contribution in [0.15, 0.2) is 41.5 Å². The highest BCUT2D eigenvalue weighted by molar-refractivity contribution is 14.0. The third kappa shape index (κ3) is 7.37. The van der Waals surface area contributed by atoms with Crippen molar-refractivity contribution in [3.63, 3.8) is 0 Å². The molecule has 7 heteroatoms. The van der Waals surface area contributed by atoms with E-state index in [9.17, 15) is 0 Å². The summed E-state index contributed by atoms with van der Waals surface area (Å²) in [6, 6.07) is 9.92. The molecule has 0 spiro atoms. The van der Waals surface area contributed by atoms with Crippen LogP contribution in [0.2, 0.25) is 5.15 Å². The Morgan fingerprint density at radius 2 is 1.96 bits per heavy atom. The molecule has 0 fully saturated rings. The zero-order valence-electron chi connectivity index (χ0n) is 15.4. The molecule has 26 heavy (non-hydrogen) atoms. The Morgan fingerprint density at radius 3 is 2.58 bits per heavy atom. The van der Waals surface area contributed by atoms with Gasteiger partial charge in [-0.2, -0.15) is 0 Å². The summed E-state index contributed by atoms with van der Waals surface area (Å²) in [7, 11) is 1.68. The number of benzene rings is 1. The van der Waals surface area contributed by atoms with Gasteiger partial charge in [0.2, 0.25) is 0 Å². The Bertz CT molecular complexity index is 707. The minimum Gasteiger partial charge on any atom is -0.496 e. The predicted molar refractivity (Wildman–Crippen MR) is 119 cm³/mol. The molecule has 0 aliphatic rings. The maximum absolute atomic E-state index is 5.80. The topological polar surface area (TPSA) is 58.5 Å². The minimum absolute atomic E-state index is 0. The van der Waals surface area contributed by atoms with Gasteiger partial charge in [-0.1, -0.05) is 29.8 Å². The van der Waals surface area contributed by atoms with Gasteiger partial charge >= 0.3 is 0 Å². The first kappa shape index (κ1) is 22.5. The quantitative estimate of drug-likeness (QED) is 0.268. The van der Waals surface area contributed by atoms with Gasteiger partial charge in [0.05, 0.1) is 13.7 Å². The van der Waals surface area contributed by atoms with Crippen LogP contribution in [0.1, 0.15) is 23.6 Å². The van der Waals surface area contributed by atoms with E-state index in [0.29, 0.717) is 11.7 Å². The van der Waals surface area contributed by atoms with Gasteiger partial charge in [-0.25, -0.2) is 9.98 Å². The molecular formula is C19H26ClIN4O. The van der Waals surface area contributed by atoms with E-state index in [0.717, 1.165) is 47.9 Å². The molecule has 0 aliphatic heterocycles. The number of aromatic nitrogens is 1. The second-order valence-corrected chi connectivity index (χ2v) is 6.05. The van der Waals surface area contributed by atoms with E-state index in [1.54, 1.807) is 13.3 Å². The number of aryl methyl sites for hydroxylation is 1. The first-order chi connectivity index (χ1) is 12.1. The number of aliphatic imine (C=N–C) groups is 1. The zero-order valence-corrected chi connectivity index (χ0v) is 18.5. The van der Waals surface area contributed by atoms with Crippen LogP contribution in [0.25, 0.3) is 0 Å². The number of guanidine groups is 1. The molecule has 1 heterocycles. The summed E-state index contributed by atoms with van der Waals surface area (Å²) in [5.41, 5.74) is 3.40. The lowest BCUT2D eigenvalue weighted by Gasteiger charge is -2.12. The summed E-state index contributed by atoms with van der Waals surface area (Å²) in [6.07, 6.45) is 2.66. The van der Waals surface area contributed by atoms with Gasteiger partial charge in [-0.15, -0.1) is 24.0 Å². The SMILES string of the molecule is CCNC(=NCc1ccc(OC)c(C)c1)NCCc1ccc(Cl)nc1.I. The number of methoxy groups -OCH3 is 1. The van der Waals surface area contributed by atoms with Crippen molar-refractivity contribution >= 4 is 41.5 Å². The molecule has 0 radical (unpaired) electrons. The summed E-state index contributed by atoms with van der Waals surface area (Å²) in [5.74, 6) is 1.70. The van der Waals surface area contributed by atoms with E-state index >= 15 is 0 Å². The van der Waals surface area contributed by atoms with Crippen LogP contribution in [0, 0.1) is 6.92 Å². The number of nitrogens with zero attached hydrogens (tertiary/aromatic N) is 2. The van der Waals surface area contributed by atoms with E-state index < -0.39 is 0 Å². The van der Waals surface area contributed by atoms with Crippen molar-refractivity contribution in [3.05, 3.63) is 58.4 Å². The van der Waals surface area contributed by atoms with Crippen molar-refractivity contribution in [2.75, 3.05) is 20.2 Å². The number of hydrogen-bond acceptors (Lipinski definition) is 3. The van der Waals surface area contributed by atoms with E-state index in [2.05, 4.69) is 33.6 Å². The summed E-state index contributed by atoms with van der Waals surface area (Å²) < 4.78 is 5.29. The fourth-order valence-corrected chi connectivity index (χ4v) is 2.54. The fraction of sp³-hybridized carbons (Fsp3) is 0.368. The second-order valence-electron chi connectivity index (χ2n) is 5.67. The van der Waals surface area contributed by atoms with Crippen molar-refractivity contribution in [2.24, 2.45) is 4.99 Å². The molecule has 0 saturated heterocycles. The van der Waals surface area contributed by atoms with Crippen LogP contribution in [0.4, 0.5) is 0 Å². The van der Waals surface area contributed by atoms with E-state index in [-0.39, 0.29) is 24.0 Å². The van der Waals surface area contributed by atoms with Gasteiger partial charge in [0, 0.05) is 19.3 Å². The molecule has 0 atom stereocenters. The second kappa shape index (κ2) is 12.0. The molecule has 2 N–H and O–H groups in total. The standard InChI is InChI=1S/C19H25ClN4O.HI/c1-4-21-19(22-10-9-15-6-8-18(20)23-12-15)24-13-16-5-7-17(25-3)14(2)11-16;/h5-8,11-12H,4,9-10,13H2,1-3H3,(H2,21,22,24);1H. The molecular weight excluding hydrogens is 463 g/mol. The lowest BCUT2D eigenvalue weighted by Crippen LogP contribution is -2.38. The van der Waals surface area contributed by atoms with Crippen LogP contribution in [-0.4, -0.2) is 31.1 Å². The average Bonchev–Trinajstić information content (AvgIpc) is 2.61. The van der Waals surface area contributed by atoms with Gasteiger partial charge in [0.15, 0.2) is 5.96 Å². The molecule has 142 valence electrons. The summed E-state index contributed by atoms with van der Waals surface area (Å²) in [4.78, 5) is 8.74. The average molecular weight is 489 g/mol. The Kier molecular flexibility index (Phi) is 10.3. The van der Waals surface area contributed by atoms with E-state index in [1.165, 1.54) is 0 Å². The first-order valence-corrected chi connectivity index (χ1v) is 8.76. The third-order valence-corrected chi connectivity index (χ3v) is 3.94. The van der Waals surface area contributed by atoms with Gasteiger partial charge in [-0.05, 0) is 49.1 Å². The Balaban J connectivity index is 0.00000338. The molecule has 5 nitrogen and oxygen atoms in total. The molecule has 1 aromatic heterocycles. The van der Waals surface area contributed by atoms with Gasteiger partial charge < -0.3 is 15.4 Å². The maximum atomic E-state index is 5.80. The van der Waals surface area contributed by atoms with Crippen molar-refractivity contribution in [2.45, 2.75) is 26.8 Å². The normalized spacial score (nSPS) is 10.8. The summed E-state index contributed by atoms with van der Waals surface area (Å²) >= 11 is 5.80. The first-order valence-electron chi connectivity index (χ1n) is 8.38. The minimum atomic E-state index is 0. The number of hydrogen-bond donors (Lipinski definition) is 2. The smallest absolute Gasteiger partial charge is 0.191 e. The van der Waals surface area contributed by atoms with Crippen molar-refractivity contribution < 1.29 is 4.74 Å². The van der Waals surface area contributed by atoms with Crippen LogP contribution in [0.3, 0.4) is 0 Å². The molecule has 2 aromatic rings.